The van der Waals surface area contributed by atoms with Gasteiger partial charge in [-0.05, 0) is 36.5 Å². The number of sulfonamides is 1. The number of nitrogens with two attached hydrogens (primary N) is 1. The van der Waals surface area contributed by atoms with E-state index < -0.39 is 21.7 Å². The number of halogens is 1. The number of carbonyl (C=O) groups is 1. The van der Waals surface area contributed by atoms with E-state index in [1.807, 2.05) is 6.92 Å². The van der Waals surface area contributed by atoms with Gasteiger partial charge in [0.2, 0.25) is 10.0 Å². The highest BCUT2D eigenvalue weighted by Gasteiger charge is 2.32. The molecule has 5 nitrogen and oxygen atoms in total. The van der Waals surface area contributed by atoms with Crippen LogP contribution in [0.15, 0.2) is 23.1 Å². The van der Waals surface area contributed by atoms with Crippen molar-refractivity contribution in [2.24, 2.45) is 10.6 Å². The van der Waals surface area contributed by atoms with Crippen LogP contribution in [0.4, 0.5) is 4.39 Å². The third-order valence-corrected chi connectivity index (χ3v) is 4.66. The molecule has 0 radical (unpaired) electrons. The van der Waals surface area contributed by atoms with E-state index in [1.54, 1.807) is 0 Å². The first-order chi connectivity index (χ1) is 9.21. The predicted octanol–water partition coefficient (Wildman–Crippen LogP) is 1.39. The second-order valence-electron chi connectivity index (χ2n) is 5.53. The summed E-state index contributed by atoms with van der Waals surface area (Å²) in [7, 11) is -3.96. The zero-order valence-corrected chi connectivity index (χ0v) is 12.0. The summed E-state index contributed by atoms with van der Waals surface area (Å²) in [4.78, 5) is 11.7. The largest absolute Gasteiger partial charge is 0.351 e. The third kappa shape index (κ3) is 3.16. The highest BCUT2D eigenvalue weighted by molar-refractivity contribution is 7.89. The van der Waals surface area contributed by atoms with E-state index >= 15 is 0 Å². The Kier molecular flexibility index (Phi) is 3.84. The van der Waals surface area contributed by atoms with Gasteiger partial charge in [0, 0.05) is 6.54 Å². The number of nitrogens with one attached hydrogen (secondary N) is 1. The molecule has 110 valence electrons. The second-order valence-corrected chi connectivity index (χ2v) is 7.09. The van der Waals surface area contributed by atoms with Crippen molar-refractivity contribution in [2.45, 2.75) is 31.1 Å². The first-order valence-electron chi connectivity index (χ1n) is 6.32. The molecule has 7 heteroatoms. The Hall–Kier alpha value is -1.47. The summed E-state index contributed by atoms with van der Waals surface area (Å²) in [5.41, 5.74) is -0.247. The minimum atomic E-state index is -3.96. The Morgan fingerprint density at radius 1 is 1.45 bits per heavy atom. The molecule has 1 fully saturated rings. The average Bonchev–Trinajstić information content (AvgIpc) is 2.32. The molecular weight excluding hydrogens is 283 g/mol. The molecule has 0 atom stereocenters. The van der Waals surface area contributed by atoms with Gasteiger partial charge in [0.05, 0.1) is 10.5 Å². The molecule has 1 aromatic rings. The van der Waals surface area contributed by atoms with Gasteiger partial charge in [-0.3, -0.25) is 4.79 Å². The number of primary sulfonamides is 1. The zero-order chi connectivity index (χ0) is 15.0. The van der Waals surface area contributed by atoms with Crippen LogP contribution >= 0.6 is 0 Å². The number of carbonyl (C=O) groups excluding carboxylic acids is 1. The quantitative estimate of drug-likeness (QED) is 0.880. The first kappa shape index (κ1) is 14.9. The minimum absolute atomic E-state index is 0.0592. The molecule has 3 N–H and O–H groups in total. The molecule has 1 aliphatic carbocycles. The van der Waals surface area contributed by atoms with Gasteiger partial charge >= 0.3 is 0 Å². The maximum atomic E-state index is 13.6. The Morgan fingerprint density at radius 3 is 2.60 bits per heavy atom. The van der Waals surface area contributed by atoms with Gasteiger partial charge in [-0.1, -0.05) is 13.3 Å². The molecule has 2 rings (SSSR count). The van der Waals surface area contributed by atoms with Crippen molar-refractivity contribution < 1.29 is 17.6 Å². The molecule has 1 aliphatic rings. The smallest absolute Gasteiger partial charge is 0.254 e. The first-order valence-corrected chi connectivity index (χ1v) is 7.86. The normalized spacial score (nSPS) is 17.4. The van der Waals surface area contributed by atoms with E-state index in [0.29, 0.717) is 6.54 Å². The summed E-state index contributed by atoms with van der Waals surface area (Å²) >= 11 is 0. The summed E-state index contributed by atoms with van der Waals surface area (Å²) < 4.78 is 36.1. The van der Waals surface area contributed by atoms with E-state index in [-0.39, 0.29) is 15.9 Å². The van der Waals surface area contributed by atoms with Gasteiger partial charge in [-0.25, -0.2) is 17.9 Å². The van der Waals surface area contributed by atoms with Gasteiger partial charge < -0.3 is 5.32 Å². The van der Waals surface area contributed by atoms with Crippen LogP contribution in [0.1, 0.15) is 36.5 Å². The zero-order valence-electron chi connectivity index (χ0n) is 11.1. The average molecular weight is 300 g/mol. The van der Waals surface area contributed by atoms with Crippen LogP contribution in [0, 0.1) is 11.2 Å². The van der Waals surface area contributed by atoms with E-state index in [2.05, 4.69) is 5.32 Å². The van der Waals surface area contributed by atoms with Crippen LogP contribution in [-0.2, 0) is 10.0 Å². The fraction of sp³-hybridized carbons (Fsp3) is 0.462. The molecule has 0 saturated heterocycles. The number of benzene rings is 1. The molecule has 20 heavy (non-hydrogen) atoms. The molecule has 0 spiro atoms. The highest BCUT2D eigenvalue weighted by Crippen LogP contribution is 2.39. The molecule has 0 heterocycles. The maximum absolute atomic E-state index is 13.6. The molecule has 0 aromatic heterocycles. The lowest BCUT2D eigenvalue weighted by Crippen LogP contribution is -2.40. The van der Waals surface area contributed by atoms with Crippen molar-refractivity contribution in [2.75, 3.05) is 6.54 Å². The molecule has 0 aliphatic heterocycles. The summed E-state index contributed by atoms with van der Waals surface area (Å²) in [6.07, 6.45) is 3.17. The minimum Gasteiger partial charge on any atom is -0.351 e. The standard InChI is InChI=1S/C13H17FN2O3S/c1-13(5-2-6-13)8-16-12(17)10-7-9(20(15,18)19)3-4-11(10)14/h3-4,7H,2,5-6,8H2,1H3,(H,16,17)(H2,15,18,19). The lowest BCUT2D eigenvalue weighted by atomic mass is 9.70. The van der Waals surface area contributed by atoms with Crippen molar-refractivity contribution in [3.8, 4) is 0 Å². The Labute approximate surface area is 117 Å². The topological polar surface area (TPSA) is 89.3 Å². The van der Waals surface area contributed by atoms with Gasteiger partial charge in [0.25, 0.3) is 5.91 Å². The third-order valence-electron chi connectivity index (χ3n) is 3.75. The van der Waals surface area contributed by atoms with Crippen LogP contribution in [0.25, 0.3) is 0 Å². The van der Waals surface area contributed by atoms with Crippen LogP contribution in [0.3, 0.4) is 0 Å². The lowest BCUT2D eigenvalue weighted by Gasteiger charge is -2.38. The lowest BCUT2D eigenvalue weighted by molar-refractivity contribution is 0.0886. The second kappa shape index (κ2) is 5.14. The summed E-state index contributed by atoms with van der Waals surface area (Å²) in [6.45, 7) is 2.50. The van der Waals surface area contributed by atoms with E-state index in [4.69, 9.17) is 5.14 Å². The van der Waals surface area contributed by atoms with Crippen LogP contribution in [-0.4, -0.2) is 20.9 Å². The van der Waals surface area contributed by atoms with Gasteiger partial charge in [0.15, 0.2) is 0 Å². The van der Waals surface area contributed by atoms with Gasteiger partial charge in [-0.15, -0.1) is 0 Å². The Bertz CT molecular complexity index is 639. The van der Waals surface area contributed by atoms with Crippen molar-refractivity contribution in [1.82, 2.24) is 5.32 Å². The summed E-state index contributed by atoms with van der Waals surface area (Å²) in [6, 6.07) is 2.93. The van der Waals surface area contributed by atoms with Crippen LogP contribution in [0.5, 0.6) is 0 Å². The van der Waals surface area contributed by atoms with Crippen LogP contribution in [0.2, 0.25) is 0 Å². The van der Waals surface area contributed by atoms with Crippen LogP contribution < -0.4 is 10.5 Å². The van der Waals surface area contributed by atoms with Crippen molar-refractivity contribution in [3.05, 3.63) is 29.6 Å². The molecular formula is C13H17FN2O3S. The van der Waals surface area contributed by atoms with Crippen molar-refractivity contribution >= 4 is 15.9 Å². The van der Waals surface area contributed by atoms with Crippen molar-refractivity contribution in [3.63, 3.8) is 0 Å². The SMILES string of the molecule is CC1(CNC(=O)c2cc(S(N)(=O)=O)ccc2F)CCC1. The molecule has 1 saturated carbocycles. The van der Waals surface area contributed by atoms with Gasteiger partial charge in [0.1, 0.15) is 5.82 Å². The molecule has 1 amide bonds. The fourth-order valence-electron chi connectivity index (χ4n) is 2.20. The Balaban J connectivity index is 2.16. The van der Waals surface area contributed by atoms with Gasteiger partial charge in [-0.2, -0.15) is 0 Å². The monoisotopic (exact) mass is 300 g/mol. The molecule has 1 aromatic carbocycles. The highest BCUT2D eigenvalue weighted by atomic mass is 32.2. The predicted molar refractivity (Wildman–Crippen MR) is 72.1 cm³/mol. The number of rotatable bonds is 4. The Morgan fingerprint density at radius 2 is 2.10 bits per heavy atom. The van der Waals surface area contributed by atoms with E-state index in [1.165, 1.54) is 0 Å². The van der Waals surface area contributed by atoms with E-state index in [9.17, 15) is 17.6 Å². The van der Waals surface area contributed by atoms with Crippen molar-refractivity contribution in [1.29, 1.82) is 0 Å². The van der Waals surface area contributed by atoms with E-state index in [0.717, 1.165) is 37.5 Å². The summed E-state index contributed by atoms with van der Waals surface area (Å²) in [5, 5.41) is 7.61. The molecule has 0 bridgehead atoms. The number of hydrogen-bond donors (Lipinski definition) is 2. The molecule has 0 unspecified atom stereocenters. The fourth-order valence-corrected chi connectivity index (χ4v) is 2.74. The maximum Gasteiger partial charge on any atom is 0.254 e. The number of amides is 1. The number of hydrogen-bond acceptors (Lipinski definition) is 3. The summed E-state index contributed by atoms with van der Waals surface area (Å²) in [5.74, 6) is -1.39.